The summed E-state index contributed by atoms with van der Waals surface area (Å²) in [5.41, 5.74) is 5.80. The van der Waals surface area contributed by atoms with Gasteiger partial charge in [-0.05, 0) is 67.3 Å². The van der Waals surface area contributed by atoms with E-state index in [1.54, 1.807) is 11.5 Å². The Hall–Kier alpha value is -0.280. The zero-order valence-electron chi connectivity index (χ0n) is 9.73. The van der Waals surface area contributed by atoms with E-state index in [4.69, 9.17) is 17.3 Å². The highest BCUT2D eigenvalue weighted by molar-refractivity contribution is 7.07. The molecule has 0 amide bonds. The van der Waals surface area contributed by atoms with Crippen LogP contribution in [0.2, 0.25) is 5.02 Å². The highest BCUT2D eigenvalue weighted by Crippen LogP contribution is 2.61. The first kappa shape index (κ1) is 10.6. The van der Waals surface area contributed by atoms with Crippen molar-refractivity contribution in [3.63, 3.8) is 0 Å². The molecule has 0 atom stereocenters. The number of rotatable bonds is 1. The van der Waals surface area contributed by atoms with Crippen molar-refractivity contribution in [1.82, 2.24) is 4.37 Å². The number of nitrogens with two attached hydrogens (primary N) is 1. The molecule has 0 saturated heterocycles. The van der Waals surface area contributed by atoms with Gasteiger partial charge in [-0.3, -0.25) is 0 Å². The third kappa shape index (κ3) is 1.48. The van der Waals surface area contributed by atoms with Gasteiger partial charge in [0.2, 0.25) is 0 Å². The summed E-state index contributed by atoms with van der Waals surface area (Å²) in [4.78, 5) is 1.29. The van der Waals surface area contributed by atoms with Gasteiger partial charge in [-0.25, -0.2) is 0 Å². The summed E-state index contributed by atoms with van der Waals surface area (Å²) >= 11 is 7.87. The maximum Gasteiger partial charge on any atom is 0.156 e. The van der Waals surface area contributed by atoms with Crippen LogP contribution in [0.1, 0.15) is 42.9 Å². The molecule has 0 aliphatic heterocycles. The Morgan fingerprint density at radius 1 is 1.06 bits per heavy atom. The zero-order chi connectivity index (χ0) is 11.6. The first-order valence-electron chi connectivity index (χ1n) is 6.63. The predicted octanol–water partition coefficient (Wildman–Crippen LogP) is 3.92. The molecule has 0 radical (unpaired) electrons. The van der Waals surface area contributed by atoms with Crippen LogP contribution in [0.4, 0.5) is 5.82 Å². The summed E-state index contributed by atoms with van der Waals surface area (Å²) in [5, 5.41) is 0.757. The molecule has 0 unspecified atom stereocenters. The van der Waals surface area contributed by atoms with E-state index in [2.05, 4.69) is 4.37 Å². The number of aromatic nitrogens is 1. The fraction of sp³-hybridized carbons (Fsp3) is 0.769. The second kappa shape index (κ2) is 3.61. The van der Waals surface area contributed by atoms with Crippen LogP contribution in [0.5, 0.6) is 0 Å². The van der Waals surface area contributed by atoms with E-state index in [1.807, 2.05) is 0 Å². The Morgan fingerprint density at radius 3 is 2.12 bits per heavy atom. The van der Waals surface area contributed by atoms with Crippen LogP contribution < -0.4 is 5.73 Å². The first-order valence-corrected chi connectivity index (χ1v) is 7.78. The maximum absolute atomic E-state index is 6.32. The molecule has 0 aromatic carbocycles. The summed E-state index contributed by atoms with van der Waals surface area (Å²) in [5.74, 6) is 4.97. The van der Waals surface area contributed by atoms with E-state index >= 15 is 0 Å². The van der Waals surface area contributed by atoms with Gasteiger partial charge in [0.25, 0.3) is 0 Å². The van der Waals surface area contributed by atoms with Crippen LogP contribution in [0.25, 0.3) is 0 Å². The molecular formula is C13H17ClN2S. The highest BCUT2D eigenvalue weighted by Gasteiger charge is 2.49. The number of hydrogen-bond acceptors (Lipinski definition) is 3. The van der Waals surface area contributed by atoms with Gasteiger partial charge in [-0.2, -0.15) is 4.37 Å². The predicted molar refractivity (Wildman–Crippen MR) is 71.3 cm³/mol. The third-order valence-corrected chi connectivity index (χ3v) is 6.68. The molecule has 4 aliphatic rings. The minimum Gasteiger partial charge on any atom is -0.382 e. The Kier molecular flexibility index (Phi) is 2.26. The van der Waals surface area contributed by atoms with Gasteiger partial charge in [-0.15, -0.1) is 0 Å². The molecule has 4 bridgehead atoms. The standard InChI is InChI=1S/C13H17ClN2S/c14-11-12(17-16-13(11)15)10-8-2-6-1-7(4-8)5-9(10)3-6/h6-10H,1-5H2,(H2,15,16). The van der Waals surface area contributed by atoms with Crippen molar-refractivity contribution >= 4 is 29.0 Å². The third-order valence-electron chi connectivity index (χ3n) is 5.21. The molecule has 2 nitrogen and oxygen atoms in total. The Balaban J connectivity index is 1.73. The minimum absolute atomic E-state index is 0.542. The second-order valence-corrected chi connectivity index (χ2v) is 7.39. The Labute approximate surface area is 111 Å². The number of hydrogen-bond donors (Lipinski definition) is 1. The fourth-order valence-electron chi connectivity index (χ4n) is 4.87. The lowest BCUT2D eigenvalue weighted by Crippen LogP contribution is -2.43. The van der Waals surface area contributed by atoms with Gasteiger partial charge in [0.1, 0.15) is 0 Å². The summed E-state index contributed by atoms with van der Waals surface area (Å²) in [6, 6.07) is 0. The minimum atomic E-state index is 0.542. The van der Waals surface area contributed by atoms with Gasteiger partial charge in [0.15, 0.2) is 5.82 Å². The maximum atomic E-state index is 6.32. The number of nitrogen functional groups attached to an aromatic ring is 1. The van der Waals surface area contributed by atoms with Crippen LogP contribution in [0.15, 0.2) is 0 Å². The van der Waals surface area contributed by atoms with Crippen molar-refractivity contribution in [3.05, 3.63) is 9.90 Å². The molecule has 1 aromatic rings. The van der Waals surface area contributed by atoms with Crippen molar-refractivity contribution in [3.8, 4) is 0 Å². The monoisotopic (exact) mass is 268 g/mol. The average Bonchev–Trinajstić information content (AvgIpc) is 2.60. The van der Waals surface area contributed by atoms with Gasteiger partial charge in [0, 0.05) is 10.8 Å². The average molecular weight is 269 g/mol. The highest BCUT2D eigenvalue weighted by atomic mass is 35.5. The fourth-order valence-corrected chi connectivity index (χ4v) is 6.17. The van der Waals surface area contributed by atoms with E-state index in [-0.39, 0.29) is 0 Å². The summed E-state index contributed by atoms with van der Waals surface area (Å²) in [7, 11) is 0. The smallest absolute Gasteiger partial charge is 0.156 e. The van der Waals surface area contributed by atoms with Gasteiger partial charge < -0.3 is 5.73 Å². The molecule has 4 saturated carbocycles. The van der Waals surface area contributed by atoms with Crippen molar-refractivity contribution in [2.75, 3.05) is 5.73 Å². The molecule has 4 heteroatoms. The van der Waals surface area contributed by atoms with Crippen LogP contribution in [-0.2, 0) is 0 Å². The van der Waals surface area contributed by atoms with E-state index in [0.29, 0.717) is 11.7 Å². The summed E-state index contributed by atoms with van der Waals surface area (Å²) in [6.45, 7) is 0. The Bertz CT molecular complexity index is 428. The molecule has 92 valence electrons. The first-order chi connectivity index (χ1) is 8.22. The molecule has 4 fully saturated rings. The summed E-state index contributed by atoms with van der Waals surface area (Å²) < 4.78 is 4.24. The van der Waals surface area contributed by atoms with Crippen LogP contribution in [-0.4, -0.2) is 4.37 Å². The normalized spacial score (nSPS) is 43.2. The Morgan fingerprint density at radius 2 is 1.65 bits per heavy atom. The lowest BCUT2D eigenvalue weighted by molar-refractivity contribution is -0.00157. The van der Waals surface area contributed by atoms with E-state index in [0.717, 1.165) is 28.7 Å². The van der Waals surface area contributed by atoms with Crippen LogP contribution in [0.3, 0.4) is 0 Å². The van der Waals surface area contributed by atoms with E-state index < -0.39 is 0 Å². The van der Waals surface area contributed by atoms with Gasteiger partial charge in [0.05, 0.1) is 5.02 Å². The lowest BCUT2D eigenvalue weighted by Gasteiger charge is -2.54. The van der Waals surface area contributed by atoms with Crippen LogP contribution >= 0.6 is 23.1 Å². The molecule has 2 N–H and O–H groups in total. The number of halogens is 1. The van der Waals surface area contributed by atoms with E-state index in [1.165, 1.54) is 37.0 Å². The van der Waals surface area contributed by atoms with Gasteiger partial charge >= 0.3 is 0 Å². The summed E-state index contributed by atoms with van der Waals surface area (Å²) in [6.07, 6.45) is 7.19. The van der Waals surface area contributed by atoms with Crippen LogP contribution in [0, 0.1) is 23.7 Å². The molecule has 0 spiro atoms. The SMILES string of the molecule is Nc1nsc(C2C3CC4CC(C3)CC2C4)c1Cl. The van der Waals surface area contributed by atoms with E-state index in [9.17, 15) is 0 Å². The topological polar surface area (TPSA) is 38.9 Å². The quantitative estimate of drug-likeness (QED) is 0.838. The molecule has 17 heavy (non-hydrogen) atoms. The van der Waals surface area contributed by atoms with Crippen molar-refractivity contribution < 1.29 is 0 Å². The molecule has 4 aliphatic carbocycles. The molecule has 1 aromatic heterocycles. The second-order valence-electron chi connectivity index (χ2n) is 6.20. The number of nitrogens with zero attached hydrogens (tertiary/aromatic N) is 1. The lowest BCUT2D eigenvalue weighted by atomic mass is 9.51. The molecular weight excluding hydrogens is 252 g/mol. The molecule has 5 rings (SSSR count). The van der Waals surface area contributed by atoms with Crippen molar-refractivity contribution in [2.24, 2.45) is 23.7 Å². The van der Waals surface area contributed by atoms with Crippen molar-refractivity contribution in [2.45, 2.75) is 38.0 Å². The number of anilines is 1. The van der Waals surface area contributed by atoms with Gasteiger partial charge in [-0.1, -0.05) is 11.6 Å². The van der Waals surface area contributed by atoms with Crippen molar-refractivity contribution in [1.29, 1.82) is 0 Å². The zero-order valence-corrected chi connectivity index (χ0v) is 11.3. The largest absolute Gasteiger partial charge is 0.382 e. The molecule has 1 heterocycles.